The highest BCUT2D eigenvalue weighted by Crippen LogP contribution is 2.27. The van der Waals surface area contributed by atoms with Gasteiger partial charge in [0.1, 0.15) is 4.60 Å². The van der Waals surface area contributed by atoms with Gasteiger partial charge in [0, 0.05) is 12.0 Å². The molecule has 0 aromatic carbocycles. The van der Waals surface area contributed by atoms with E-state index in [-0.39, 0.29) is 12.0 Å². The van der Waals surface area contributed by atoms with Gasteiger partial charge in [-0.05, 0) is 47.8 Å². The third-order valence-electron chi connectivity index (χ3n) is 3.54. The molecule has 0 atom stereocenters. The van der Waals surface area contributed by atoms with Crippen LogP contribution in [0, 0.1) is 12.3 Å². The number of aryl methyl sites for hydroxylation is 1. The van der Waals surface area contributed by atoms with Gasteiger partial charge in [-0.2, -0.15) is 0 Å². The van der Waals surface area contributed by atoms with E-state index in [4.69, 9.17) is 0 Å². The molecule has 0 amide bonds. The summed E-state index contributed by atoms with van der Waals surface area (Å²) in [6.07, 6.45) is 1.94. The predicted molar refractivity (Wildman–Crippen MR) is 75.3 cm³/mol. The number of rotatable bonds is 6. The average Bonchev–Trinajstić information content (AvgIpc) is 2.33. The molecule has 0 unspecified atom stereocenters. The summed E-state index contributed by atoms with van der Waals surface area (Å²) in [5.41, 5.74) is 1.98. The van der Waals surface area contributed by atoms with Crippen molar-refractivity contribution in [3.63, 3.8) is 0 Å². The number of pyridine rings is 1. The zero-order valence-corrected chi connectivity index (χ0v) is 12.3. The normalized spacial score (nSPS) is 11.6. The summed E-state index contributed by atoms with van der Waals surface area (Å²) >= 11 is 3.35. The van der Waals surface area contributed by atoms with Crippen molar-refractivity contribution < 1.29 is 5.11 Å². The number of anilines is 1. The molecule has 0 spiro atoms. The van der Waals surface area contributed by atoms with Gasteiger partial charge in [0.2, 0.25) is 0 Å². The minimum absolute atomic E-state index is 0.0283. The van der Waals surface area contributed by atoms with Crippen LogP contribution in [0.1, 0.15) is 32.4 Å². The Morgan fingerprint density at radius 1 is 1.35 bits per heavy atom. The minimum atomic E-state index is -0.0283. The van der Waals surface area contributed by atoms with Gasteiger partial charge in [-0.1, -0.05) is 13.8 Å². The van der Waals surface area contributed by atoms with E-state index in [2.05, 4.69) is 40.1 Å². The van der Waals surface area contributed by atoms with Crippen molar-refractivity contribution in [3.05, 3.63) is 22.4 Å². The molecule has 1 rings (SSSR count). The number of halogens is 1. The maximum Gasteiger partial charge on any atom is 0.106 e. The predicted octanol–water partition coefficient (Wildman–Crippen LogP) is 3.36. The molecule has 0 saturated heterocycles. The summed E-state index contributed by atoms with van der Waals surface area (Å²) in [4.78, 5) is 4.34. The Hall–Kier alpha value is -0.610. The van der Waals surface area contributed by atoms with Crippen molar-refractivity contribution in [2.24, 2.45) is 5.41 Å². The molecule has 0 saturated carbocycles. The molecule has 0 aliphatic carbocycles. The molecule has 96 valence electrons. The van der Waals surface area contributed by atoms with Crippen LogP contribution in [0.15, 0.2) is 16.7 Å². The monoisotopic (exact) mass is 300 g/mol. The Labute approximate surface area is 112 Å². The van der Waals surface area contributed by atoms with Crippen molar-refractivity contribution in [2.45, 2.75) is 33.6 Å². The van der Waals surface area contributed by atoms with Gasteiger partial charge in [-0.15, -0.1) is 0 Å². The molecular weight excluding hydrogens is 280 g/mol. The third-order valence-corrected chi connectivity index (χ3v) is 3.98. The van der Waals surface area contributed by atoms with E-state index in [0.29, 0.717) is 0 Å². The molecule has 0 fully saturated rings. The molecule has 17 heavy (non-hydrogen) atoms. The van der Waals surface area contributed by atoms with Crippen LogP contribution in [0.25, 0.3) is 0 Å². The van der Waals surface area contributed by atoms with Gasteiger partial charge < -0.3 is 10.4 Å². The average molecular weight is 301 g/mol. The summed E-state index contributed by atoms with van der Waals surface area (Å²) in [7, 11) is 0. The third kappa shape index (κ3) is 3.68. The van der Waals surface area contributed by atoms with E-state index in [1.807, 2.05) is 19.1 Å². The number of aliphatic hydroxyl groups is 1. The number of aromatic nitrogens is 1. The SMILES string of the molecule is CCC(CC)(CO)CNc1ccc(Br)nc1C. The van der Waals surface area contributed by atoms with Crippen LogP contribution in [0.2, 0.25) is 0 Å². The Kier molecular flexibility index (Phi) is 5.40. The summed E-state index contributed by atoms with van der Waals surface area (Å²) in [6.45, 7) is 7.21. The van der Waals surface area contributed by atoms with Gasteiger partial charge in [0.15, 0.2) is 0 Å². The maximum atomic E-state index is 9.50. The summed E-state index contributed by atoms with van der Waals surface area (Å²) in [5.74, 6) is 0. The molecule has 1 aromatic rings. The highest BCUT2D eigenvalue weighted by molar-refractivity contribution is 9.10. The van der Waals surface area contributed by atoms with E-state index >= 15 is 0 Å². The topological polar surface area (TPSA) is 45.1 Å². The summed E-state index contributed by atoms with van der Waals surface area (Å²) < 4.78 is 0.847. The van der Waals surface area contributed by atoms with Crippen LogP contribution < -0.4 is 5.32 Å². The number of nitrogens with zero attached hydrogens (tertiary/aromatic N) is 1. The van der Waals surface area contributed by atoms with E-state index < -0.39 is 0 Å². The van der Waals surface area contributed by atoms with Crippen LogP contribution in [0.5, 0.6) is 0 Å². The van der Waals surface area contributed by atoms with E-state index in [9.17, 15) is 5.11 Å². The Balaban J connectivity index is 2.72. The molecule has 2 N–H and O–H groups in total. The first-order valence-corrected chi connectivity index (χ1v) is 6.84. The zero-order chi connectivity index (χ0) is 12.9. The van der Waals surface area contributed by atoms with Gasteiger partial charge in [0.25, 0.3) is 0 Å². The smallest absolute Gasteiger partial charge is 0.106 e. The lowest BCUT2D eigenvalue weighted by Crippen LogP contribution is -2.32. The fourth-order valence-electron chi connectivity index (χ4n) is 1.78. The first kappa shape index (κ1) is 14.5. The van der Waals surface area contributed by atoms with Crippen LogP contribution >= 0.6 is 15.9 Å². The van der Waals surface area contributed by atoms with E-state index in [0.717, 1.165) is 35.4 Å². The number of hydrogen-bond acceptors (Lipinski definition) is 3. The molecule has 1 aromatic heterocycles. The lowest BCUT2D eigenvalue weighted by atomic mass is 9.83. The largest absolute Gasteiger partial charge is 0.396 e. The van der Waals surface area contributed by atoms with Crippen LogP contribution in [0.4, 0.5) is 5.69 Å². The molecule has 1 heterocycles. The molecule has 3 nitrogen and oxygen atoms in total. The first-order valence-electron chi connectivity index (χ1n) is 6.05. The second kappa shape index (κ2) is 6.36. The maximum absolute atomic E-state index is 9.50. The van der Waals surface area contributed by atoms with Crippen molar-refractivity contribution in [3.8, 4) is 0 Å². The molecule has 0 radical (unpaired) electrons. The van der Waals surface area contributed by atoms with Gasteiger partial charge >= 0.3 is 0 Å². The van der Waals surface area contributed by atoms with Crippen molar-refractivity contribution in [1.82, 2.24) is 4.98 Å². The Morgan fingerprint density at radius 3 is 2.47 bits per heavy atom. The Morgan fingerprint density at radius 2 is 2.00 bits per heavy atom. The van der Waals surface area contributed by atoms with Crippen LogP contribution in [0.3, 0.4) is 0 Å². The summed E-state index contributed by atoms with van der Waals surface area (Å²) in [5, 5.41) is 12.9. The second-order valence-corrected chi connectivity index (χ2v) is 5.30. The first-order chi connectivity index (χ1) is 8.06. The zero-order valence-electron chi connectivity index (χ0n) is 10.8. The van der Waals surface area contributed by atoms with Gasteiger partial charge in [-0.25, -0.2) is 4.98 Å². The minimum Gasteiger partial charge on any atom is -0.396 e. The fraction of sp³-hybridized carbons (Fsp3) is 0.615. The second-order valence-electron chi connectivity index (χ2n) is 4.49. The van der Waals surface area contributed by atoms with E-state index in [1.165, 1.54) is 0 Å². The van der Waals surface area contributed by atoms with Crippen LogP contribution in [-0.2, 0) is 0 Å². The molecule has 0 aliphatic rings. The lowest BCUT2D eigenvalue weighted by Gasteiger charge is -2.30. The highest BCUT2D eigenvalue weighted by Gasteiger charge is 2.25. The number of nitrogens with one attached hydrogen (secondary N) is 1. The standard InChI is InChI=1S/C13H21BrN2O/c1-4-13(5-2,9-17)8-15-11-6-7-12(14)16-10(11)3/h6-7,15,17H,4-5,8-9H2,1-3H3. The molecule has 0 aliphatic heterocycles. The Bertz CT molecular complexity index is 356. The molecular formula is C13H21BrN2O. The van der Waals surface area contributed by atoms with Gasteiger partial charge in [-0.3, -0.25) is 0 Å². The lowest BCUT2D eigenvalue weighted by molar-refractivity contribution is 0.127. The molecule has 4 heteroatoms. The van der Waals surface area contributed by atoms with Gasteiger partial charge in [0.05, 0.1) is 18.0 Å². The van der Waals surface area contributed by atoms with Crippen LogP contribution in [-0.4, -0.2) is 23.2 Å². The molecule has 0 bridgehead atoms. The highest BCUT2D eigenvalue weighted by atomic mass is 79.9. The number of hydrogen-bond donors (Lipinski definition) is 2. The van der Waals surface area contributed by atoms with Crippen molar-refractivity contribution in [2.75, 3.05) is 18.5 Å². The van der Waals surface area contributed by atoms with E-state index in [1.54, 1.807) is 0 Å². The van der Waals surface area contributed by atoms with Crippen molar-refractivity contribution in [1.29, 1.82) is 0 Å². The fourth-order valence-corrected chi connectivity index (χ4v) is 2.18. The number of aliphatic hydroxyl groups excluding tert-OH is 1. The summed E-state index contributed by atoms with van der Waals surface area (Å²) in [6, 6.07) is 3.94. The quantitative estimate of drug-likeness (QED) is 0.792. The van der Waals surface area contributed by atoms with Crippen molar-refractivity contribution >= 4 is 21.6 Å².